The van der Waals surface area contributed by atoms with E-state index in [-0.39, 0.29) is 23.5 Å². The Morgan fingerprint density at radius 3 is 2.44 bits per heavy atom. The standard InChI is InChI=1S/C18H16N2O4S/c1-24-14-9-7-12(8-10-14)19-16(21)11-15-17(22)20(18(23)25-15)13-5-3-2-4-6-13/h2-10,15H,11H2,1H3,(H,19,21). The topological polar surface area (TPSA) is 75.7 Å². The van der Waals surface area contributed by atoms with E-state index in [1.807, 2.05) is 0 Å². The van der Waals surface area contributed by atoms with Crippen LogP contribution in [0.3, 0.4) is 0 Å². The molecule has 1 atom stereocenters. The van der Waals surface area contributed by atoms with Gasteiger partial charge in [0.2, 0.25) is 11.8 Å². The number of hydrogen-bond acceptors (Lipinski definition) is 5. The van der Waals surface area contributed by atoms with Gasteiger partial charge in [-0.05, 0) is 48.2 Å². The van der Waals surface area contributed by atoms with Crippen molar-refractivity contribution in [2.75, 3.05) is 17.3 Å². The van der Waals surface area contributed by atoms with Crippen molar-refractivity contribution in [1.82, 2.24) is 0 Å². The number of nitrogens with one attached hydrogen (secondary N) is 1. The number of anilines is 2. The van der Waals surface area contributed by atoms with Crippen LogP contribution in [0.15, 0.2) is 54.6 Å². The average molecular weight is 356 g/mol. The Morgan fingerprint density at radius 1 is 1.12 bits per heavy atom. The molecule has 0 bridgehead atoms. The predicted octanol–water partition coefficient (Wildman–Crippen LogP) is 3.29. The Bertz CT molecular complexity index is 792. The summed E-state index contributed by atoms with van der Waals surface area (Å²) in [6, 6.07) is 15.6. The molecule has 3 amide bonds. The number of imide groups is 1. The van der Waals surface area contributed by atoms with Gasteiger partial charge in [-0.25, -0.2) is 4.90 Å². The molecule has 2 aromatic rings. The van der Waals surface area contributed by atoms with Crippen LogP contribution in [-0.4, -0.2) is 29.4 Å². The van der Waals surface area contributed by atoms with Crippen molar-refractivity contribution in [3.05, 3.63) is 54.6 Å². The lowest BCUT2D eigenvalue weighted by Crippen LogP contribution is -2.32. The minimum atomic E-state index is -0.717. The van der Waals surface area contributed by atoms with E-state index in [1.165, 1.54) is 0 Å². The van der Waals surface area contributed by atoms with Crippen molar-refractivity contribution in [3.8, 4) is 5.75 Å². The zero-order chi connectivity index (χ0) is 17.8. The highest BCUT2D eigenvalue weighted by Gasteiger charge is 2.41. The lowest BCUT2D eigenvalue weighted by Gasteiger charge is -2.13. The van der Waals surface area contributed by atoms with Crippen LogP contribution >= 0.6 is 11.8 Å². The molecule has 0 radical (unpaired) electrons. The molecule has 1 fully saturated rings. The number of benzene rings is 2. The minimum Gasteiger partial charge on any atom is -0.497 e. The maximum absolute atomic E-state index is 12.5. The van der Waals surface area contributed by atoms with E-state index in [4.69, 9.17) is 4.74 Å². The van der Waals surface area contributed by atoms with Crippen molar-refractivity contribution in [3.63, 3.8) is 0 Å². The van der Waals surface area contributed by atoms with Crippen LogP contribution in [0.1, 0.15) is 6.42 Å². The first-order chi connectivity index (χ1) is 12.1. The fourth-order valence-electron chi connectivity index (χ4n) is 2.45. The van der Waals surface area contributed by atoms with Gasteiger partial charge in [-0.3, -0.25) is 14.4 Å². The third kappa shape index (κ3) is 3.83. The molecule has 7 heteroatoms. The maximum atomic E-state index is 12.5. The molecular formula is C18H16N2O4S. The maximum Gasteiger partial charge on any atom is 0.293 e. The van der Waals surface area contributed by atoms with Gasteiger partial charge in [0.05, 0.1) is 12.8 Å². The number of hydrogen-bond donors (Lipinski definition) is 1. The zero-order valence-electron chi connectivity index (χ0n) is 13.5. The molecule has 1 unspecified atom stereocenters. The highest BCUT2D eigenvalue weighted by Crippen LogP contribution is 2.33. The van der Waals surface area contributed by atoms with Crippen LogP contribution in [0.2, 0.25) is 0 Å². The number of rotatable bonds is 5. The molecule has 2 aromatic carbocycles. The molecule has 0 saturated carbocycles. The highest BCUT2D eigenvalue weighted by molar-refractivity contribution is 8.15. The average Bonchev–Trinajstić information content (AvgIpc) is 2.89. The van der Waals surface area contributed by atoms with E-state index >= 15 is 0 Å². The fourth-order valence-corrected chi connectivity index (χ4v) is 3.44. The summed E-state index contributed by atoms with van der Waals surface area (Å²) in [6.07, 6.45) is -0.0649. The number of thioether (sulfide) groups is 1. The predicted molar refractivity (Wildman–Crippen MR) is 96.9 cm³/mol. The largest absolute Gasteiger partial charge is 0.497 e. The summed E-state index contributed by atoms with van der Waals surface area (Å²) in [4.78, 5) is 37.9. The first-order valence-electron chi connectivity index (χ1n) is 7.62. The van der Waals surface area contributed by atoms with Gasteiger partial charge < -0.3 is 10.1 Å². The van der Waals surface area contributed by atoms with Crippen LogP contribution in [0.4, 0.5) is 16.2 Å². The second-order valence-electron chi connectivity index (χ2n) is 5.36. The quantitative estimate of drug-likeness (QED) is 0.890. The molecule has 0 aliphatic carbocycles. The first-order valence-corrected chi connectivity index (χ1v) is 8.50. The lowest BCUT2D eigenvalue weighted by molar-refractivity contribution is -0.121. The number of para-hydroxylation sites is 1. The molecule has 6 nitrogen and oxygen atoms in total. The van der Waals surface area contributed by atoms with Crippen molar-refractivity contribution < 1.29 is 19.1 Å². The Balaban J connectivity index is 1.63. The van der Waals surface area contributed by atoms with Crippen LogP contribution in [0.5, 0.6) is 5.75 Å². The van der Waals surface area contributed by atoms with Gasteiger partial charge in [0.25, 0.3) is 5.24 Å². The molecule has 1 heterocycles. The normalized spacial score (nSPS) is 16.8. The molecule has 1 N–H and O–H groups in total. The van der Waals surface area contributed by atoms with Gasteiger partial charge >= 0.3 is 0 Å². The third-order valence-corrected chi connectivity index (χ3v) is 4.72. The van der Waals surface area contributed by atoms with E-state index in [0.717, 1.165) is 16.7 Å². The van der Waals surface area contributed by atoms with Gasteiger partial charge in [0.1, 0.15) is 11.0 Å². The van der Waals surface area contributed by atoms with Gasteiger partial charge in [0, 0.05) is 12.1 Å². The molecule has 0 spiro atoms. The third-order valence-electron chi connectivity index (χ3n) is 3.68. The smallest absolute Gasteiger partial charge is 0.293 e. The molecule has 1 aliphatic rings. The Hall–Kier alpha value is -2.80. The summed E-state index contributed by atoms with van der Waals surface area (Å²) in [5, 5.41) is 1.64. The van der Waals surface area contributed by atoms with Crippen molar-refractivity contribution in [2.24, 2.45) is 0 Å². The number of nitrogens with zero attached hydrogens (tertiary/aromatic N) is 1. The second kappa shape index (κ2) is 7.40. The van der Waals surface area contributed by atoms with Crippen LogP contribution < -0.4 is 15.0 Å². The van der Waals surface area contributed by atoms with Gasteiger partial charge in [-0.2, -0.15) is 0 Å². The lowest BCUT2D eigenvalue weighted by atomic mass is 10.2. The van der Waals surface area contributed by atoms with Crippen LogP contribution in [0.25, 0.3) is 0 Å². The van der Waals surface area contributed by atoms with Gasteiger partial charge in [0.15, 0.2) is 0 Å². The monoisotopic (exact) mass is 356 g/mol. The Kier molecular flexibility index (Phi) is 5.04. The SMILES string of the molecule is COc1ccc(NC(=O)CC2SC(=O)N(c3ccccc3)C2=O)cc1. The Labute approximate surface area is 149 Å². The number of ether oxygens (including phenoxy) is 1. The molecule has 25 heavy (non-hydrogen) atoms. The second-order valence-corrected chi connectivity index (χ2v) is 6.52. The minimum absolute atomic E-state index is 0.0649. The Morgan fingerprint density at radius 2 is 1.80 bits per heavy atom. The summed E-state index contributed by atoms with van der Waals surface area (Å²) in [6.45, 7) is 0. The van der Waals surface area contributed by atoms with E-state index in [9.17, 15) is 14.4 Å². The number of methoxy groups -OCH3 is 1. The molecule has 1 saturated heterocycles. The molecule has 128 valence electrons. The van der Waals surface area contributed by atoms with Crippen molar-refractivity contribution in [1.29, 1.82) is 0 Å². The summed E-state index contributed by atoms with van der Waals surface area (Å²) < 4.78 is 5.06. The number of carbonyl (C=O) groups is 3. The van der Waals surface area contributed by atoms with Gasteiger partial charge in [-0.1, -0.05) is 18.2 Å². The first kappa shape index (κ1) is 17.0. The molecule has 3 rings (SSSR count). The van der Waals surface area contributed by atoms with Crippen LogP contribution in [-0.2, 0) is 9.59 Å². The van der Waals surface area contributed by atoms with Crippen LogP contribution in [0, 0.1) is 0 Å². The molecular weight excluding hydrogens is 340 g/mol. The van der Waals surface area contributed by atoms with Gasteiger partial charge in [-0.15, -0.1) is 0 Å². The van der Waals surface area contributed by atoms with E-state index in [2.05, 4.69) is 5.32 Å². The molecule has 1 aliphatic heterocycles. The number of amides is 3. The summed E-state index contributed by atoms with van der Waals surface area (Å²) in [7, 11) is 1.56. The summed E-state index contributed by atoms with van der Waals surface area (Å²) >= 11 is 0.878. The van der Waals surface area contributed by atoms with E-state index < -0.39 is 5.25 Å². The molecule has 0 aromatic heterocycles. The zero-order valence-corrected chi connectivity index (χ0v) is 14.3. The van der Waals surface area contributed by atoms with Crippen molar-refractivity contribution in [2.45, 2.75) is 11.7 Å². The fraction of sp³-hybridized carbons (Fsp3) is 0.167. The summed E-state index contributed by atoms with van der Waals surface area (Å²) in [5.74, 6) is -0.00608. The van der Waals surface area contributed by atoms with Crippen molar-refractivity contribution >= 4 is 40.2 Å². The summed E-state index contributed by atoms with van der Waals surface area (Å²) in [5.41, 5.74) is 1.12. The highest BCUT2D eigenvalue weighted by atomic mass is 32.2. The van der Waals surface area contributed by atoms with E-state index in [1.54, 1.807) is 61.7 Å². The van der Waals surface area contributed by atoms with E-state index in [0.29, 0.717) is 17.1 Å². The number of carbonyl (C=O) groups excluding carboxylic acids is 3.